The Morgan fingerprint density at radius 3 is 2.88 bits per heavy atom. The number of imidazole rings is 1. The van der Waals surface area contributed by atoms with Crippen LogP contribution in [0.25, 0.3) is 0 Å². The summed E-state index contributed by atoms with van der Waals surface area (Å²) in [6, 6.07) is 0. The van der Waals surface area contributed by atoms with E-state index in [9.17, 15) is 4.79 Å². The number of hydrogen-bond donors (Lipinski definition) is 0. The van der Waals surface area contributed by atoms with Gasteiger partial charge in [-0.1, -0.05) is 6.92 Å². The number of carbonyl (C=O) groups excluding carboxylic acids is 1. The molecule has 0 radical (unpaired) electrons. The van der Waals surface area contributed by atoms with E-state index in [1.807, 2.05) is 12.4 Å². The van der Waals surface area contributed by atoms with Crippen LogP contribution in [0.15, 0.2) is 12.4 Å². The highest BCUT2D eigenvalue weighted by Gasteiger charge is 2.10. The fourth-order valence-electron chi connectivity index (χ4n) is 1.68. The Bertz CT molecular complexity index is 349. The highest BCUT2D eigenvalue weighted by atomic mass is 16.5. The topological polar surface area (TPSA) is 47.4 Å². The van der Waals surface area contributed by atoms with Crippen LogP contribution in [0.5, 0.6) is 0 Å². The molecule has 0 spiro atoms. The zero-order valence-electron chi connectivity index (χ0n) is 10.8. The minimum absolute atomic E-state index is 0.165. The lowest BCUT2D eigenvalue weighted by atomic mass is 10.3. The van der Waals surface area contributed by atoms with Gasteiger partial charge in [-0.05, 0) is 13.5 Å². The molecule has 1 heterocycles. The normalized spacial score (nSPS) is 10.8. The minimum atomic E-state index is -0.165. The summed E-state index contributed by atoms with van der Waals surface area (Å²) in [6.45, 7) is 7.47. The third-order valence-corrected chi connectivity index (χ3v) is 2.81. The number of hydrogen-bond acceptors (Lipinski definition) is 4. The van der Waals surface area contributed by atoms with Crippen molar-refractivity contribution in [1.82, 2.24) is 14.5 Å². The molecule has 1 rings (SSSR count). The lowest BCUT2D eigenvalue weighted by molar-refractivity contribution is -0.141. The second kappa shape index (κ2) is 7.06. The molecule has 0 aromatic carbocycles. The van der Waals surface area contributed by atoms with Gasteiger partial charge in [0.2, 0.25) is 0 Å². The molecule has 1 aromatic heterocycles. The molecule has 0 atom stereocenters. The van der Waals surface area contributed by atoms with E-state index in [-0.39, 0.29) is 5.97 Å². The molecular weight excluding hydrogens is 218 g/mol. The highest BCUT2D eigenvalue weighted by molar-refractivity contribution is 5.69. The molecule has 0 aliphatic heterocycles. The molecule has 5 nitrogen and oxygen atoms in total. The zero-order chi connectivity index (χ0) is 12.7. The van der Waals surface area contributed by atoms with Crippen molar-refractivity contribution in [2.24, 2.45) is 0 Å². The van der Waals surface area contributed by atoms with Crippen LogP contribution < -0.4 is 0 Å². The molecule has 0 aliphatic carbocycles. The van der Waals surface area contributed by atoms with Gasteiger partial charge < -0.3 is 9.30 Å². The molecule has 0 amide bonds. The Hall–Kier alpha value is -1.36. The number of esters is 1. The maximum atomic E-state index is 11.1. The fraction of sp³-hybridized carbons (Fsp3) is 0.667. The summed E-state index contributed by atoms with van der Waals surface area (Å²) in [5.74, 6) is 0.876. The van der Waals surface area contributed by atoms with E-state index in [1.54, 1.807) is 0 Å². The lowest BCUT2D eigenvalue weighted by Gasteiger charge is -2.19. The lowest BCUT2D eigenvalue weighted by Crippen LogP contribution is -2.27. The molecule has 1 aromatic rings. The Morgan fingerprint density at radius 1 is 1.53 bits per heavy atom. The van der Waals surface area contributed by atoms with Gasteiger partial charge in [0.15, 0.2) is 0 Å². The van der Waals surface area contributed by atoms with Gasteiger partial charge in [-0.25, -0.2) is 4.98 Å². The standard InChI is InChI=1S/C12H21N3O2/c1-4-14(8-6-12(16)17-3)10-11-13-7-9-15(11)5-2/h7,9H,4-6,8,10H2,1-3H3. The van der Waals surface area contributed by atoms with Crippen LogP contribution in [0.3, 0.4) is 0 Å². The van der Waals surface area contributed by atoms with Crippen molar-refractivity contribution in [2.75, 3.05) is 20.2 Å². The quantitative estimate of drug-likeness (QED) is 0.673. The second-order valence-electron chi connectivity index (χ2n) is 3.82. The summed E-state index contributed by atoms with van der Waals surface area (Å²) < 4.78 is 6.75. The Morgan fingerprint density at radius 2 is 2.29 bits per heavy atom. The van der Waals surface area contributed by atoms with Gasteiger partial charge in [0, 0.05) is 25.5 Å². The van der Waals surface area contributed by atoms with Gasteiger partial charge in [0.25, 0.3) is 0 Å². The number of ether oxygens (including phenoxy) is 1. The molecule has 0 saturated heterocycles. The van der Waals surface area contributed by atoms with Crippen LogP contribution in [0.1, 0.15) is 26.1 Å². The first kappa shape index (κ1) is 13.7. The van der Waals surface area contributed by atoms with Crippen molar-refractivity contribution in [3.63, 3.8) is 0 Å². The number of rotatable bonds is 7. The predicted molar refractivity (Wildman–Crippen MR) is 65.5 cm³/mol. The van der Waals surface area contributed by atoms with Crippen molar-refractivity contribution in [2.45, 2.75) is 33.4 Å². The third-order valence-electron chi connectivity index (χ3n) is 2.81. The monoisotopic (exact) mass is 239 g/mol. The average Bonchev–Trinajstić information content (AvgIpc) is 2.80. The average molecular weight is 239 g/mol. The molecule has 0 aliphatic rings. The third kappa shape index (κ3) is 4.19. The zero-order valence-corrected chi connectivity index (χ0v) is 10.8. The van der Waals surface area contributed by atoms with E-state index in [4.69, 9.17) is 0 Å². The van der Waals surface area contributed by atoms with E-state index in [0.717, 1.165) is 25.5 Å². The highest BCUT2D eigenvalue weighted by Crippen LogP contribution is 2.04. The Kier molecular flexibility index (Phi) is 5.69. The molecule has 0 bridgehead atoms. The summed E-state index contributed by atoms with van der Waals surface area (Å²) in [4.78, 5) is 17.6. The SMILES string of the molecule is CCN(CCC(=O)OC)Cc1nccn1CC. The molecule has 0 N–H and O–H groups in total. The number of nitrogens with zero attached hydrogens (tertiary/aromatic N) is 3. The summed E-state index contributed by atoms with van der Waals surface area (Å²) in [5.41, 5.74) is 0. The molecule has 96 valence electrons. The summed E-state index contributed by atoms with van der Waals surface area (Å²) in [5, 5.41) is 0. The van der Waals surface area contributed by atoms with Crippen LogP contribution in [-0.4, -0.2) is 40.6 Å². The number of aromatic nitrogens is 2. The van der Waals surface area contributed by atoms with E-state index in [1.165, 1.54) is 7.11 Å². The van der Waals surface area contributed by atoms with Gasteiger partial charge in [-0.2, -0.15) is 0 Å². The summed E-state index contributed by atoms with van der Waals surface area (Å²) in [6.07, 6.45) is 4.22. The maximum absolute atomic E-state index is 11.1. The van der Waals surface area contributed by atoms with E-state index < -0.39 is 0 Å². The Balaban J connectivity index is 2.49. The summed E-state index contributed by atoms with van der Waals surface area (Å²) >= 11 is 0. The number of aryl methyl sites for hydroxylation is 1. The van der Waals surface area contributed by atoms with E-state index >= 15 is 0 Å². The van der Waals surface area contributed by atoms with E-state index in [0.29, 0.717) is 13.0 Å². The first-order valence-electron chi connectivity index (χ1n) is 6.00. The Labute approximate surface area is 102 Å². The van der Waals surface area contributed by atoms with Crippen molar-refractivity contribution < 1.29 is 9.53 Å². The molecule has 0 saturated carbocycles. The molecule has 17 heavy (non-hydrogen) atoms. The van der Waals surface area contributed by atoms with Crippen LogP contribution >= 0.6 is 0 Å². The van der Waals surface area contributed by atoms with Gasteiger partial charge in [0.1, 0.15) is 5.82 Å². The van der Waals surface area contributed by atoms with Crippen LogP contribution in [-0.2, 0) is 22.6 Å². The smallest absolute Gasteiger partial charge is 0.306 e. The predicted octanol–water partition coefficient (Wildman–Crippen LogP) is 1.29. The minimum Gasteiger partial charge on any atom is -0.469 e. The number of carbonyl (C=O) groups is 1. The molecular formula is C12H21N3O2. The largest absolute Gasteiger partial charge is 0.469 e. The molecule has 0 fully saturated rings. The summed E-state index contributed by atoms with van der Waals surface area (Å²) in [7, 11) is 1.42. The van der Waals surface area contributed by atoms with Crippen molar-refractivity contribution in [3.8, 4) is 0 Å². The fourth-order valence-corrected chi connectivity index (χ4v) is 1.68. The van der Waals surface area contributed by atoms with E-state index in [2.05, 4.69) is 33.0 Å². The van der Waals surface area contributed by atoms with Gasteiger partial charge in [0.05, 0.1) is 20.1 Å². The van der Waals surface area contributed by atoms with Crippen molar-refractivity contribution in [1.29, 1.82) is 0 Å². The first-order chi connectivity index (χ1) is 8.21. The first-order valence-corrected chi connectivity index (χ1v) is 6.00. The second-order valence-corrected chi connectivity index (χ2v) is 3.82. The van der Waals surface area contributed by atoms with Crippen molar-refractivity contribution >= 4 is 5.97 Å². The van der Waals surface area contributed by atoms with Crippen LogP contribution in [0, 0.1) is 0 Å². The number of methoxy groups -OCH3 is 1. The maximum Gasteiger partial charge on any atom is 0.306 e. The van der Waals surface area contributed by atoms with Gasteiger partial charge in [-0.15, -0.1) is 0 Å². The molecule has 0 unspecified atom stereocenters. The molecule has 5 heteroatoms. The van der Waals surface area contributed by atoms with Gasteiger partial charge in [-0.3, -0.25) is 9.69 Å². The van der Waals surface area contributed by atoms with Crippen LogP contribution in [0.2, 0.25) is 0 Å². The van der Waals surface area contributed by atoms with Gasteiger partial charge >= 0.3 is 5.97 Å². The van der Waals surface area contributed by atoms with Crippen LogP contribution in [0.4, 0.5) is 0 Å². The van der Waals surface area contributed by atoms with Crippen molar-refractivity contribution in [3.05, 3.63) is 18.2 Å².